The van der Waals surface area contributed by atoms with E-state index in [0.29, 0.717) is 0 Å². The van der Waals surface area contributed by atoms with E-state index in [-0.39, 0.29) is 11.3 Å². The second kappa shape index (κ2) is 5.51. The molecule has 0 saturated carbocycles. The van der Waals surface area contributed by atoms with E-state index >= 15 is 0 Å². The monoisotopic (exact) mass is 271 g/mol. The smallest absolute Gasteiger partial charge is 0.0587 e. The molecular weight excluding hydrogens is 254 g/mol. The Hall–Kier alpha value is -0.380. The van der Waals surface area contributed by atoms with Gasteiger partial charge in [-0.3, -0.25) is 4.21 Å². The molecule has 0 amide bonds. The topological polar surface area (TPSA) is 29.1 Å². The van der Waals surface area contributed by atoms with Crippen molar-refractivity contribution in [3.05, 3.63) is 28.8 Å². The van der Waals surface area contributed by atoms with Crippen LogP contribution >= 0.6 is 11.6 Å². The van der Waals surface area contributed by atoms with E-state index < -0.39 is 10.8 Å². The summed E-state index contributed by atoms with van der Waals surface area (Å²) in [5, 5.41) is 4.39. The quantitative estimate of drug-likeness (QED) is 0.911. The molecule has 1 aliphatic rings. The third-order valence-corrected chi connectivity index (χ3v) is 5.38. The Balaban J connectivity index is 2.36. The van der Waals surface area contributed by atoms with E-state index in [1.54, 1.807) is 0 Å². The Kier molecular flexibility index (Phi) is 4.23. The summed E-state index contributed by atoms with van der Waals surface area (Å²) >= 11 is 6.03. The maximum Gasteiger partial charge on any atom is 0.0587 e. The zero-order valence-electron chi connectivity index (χ0n) is 10.2. The molecule has 0 bridgehead atoms. The van der Waals surface area contributed by atoms with Crippen molar-refractivity contribution in [3.63, 3.8) is 0 Å². The van der Waals surface area contributed by atoms with E-state index in [1.807, 2.05) is 18.2 Å². The SMILES string of the molecule is CCCNC1c2cc(Cl)ccc2S(=O)C1CC. The van der Waals surface area contributed by atoms with Crippen LogP contribution in [0.1, 0.15) is 38.3 Å². The van der Waals surface area contributed by atoms with E-state index in [9.17, 15) is 4.21 Å². The Morgan fingerprint density at radius 3 is 2.82 bits per heavy atom. The molecule has 0 fully saturated rings. The van der Waals surface area contributed by atoms with Gasteiger partial charge in [-0.15, -0.1) is 0 Å². The van der Waals surface area contributed by atoms with Gasteiger partial charge in [0.1, 0.15) is 0 Å². The molecule has 2 nitrogen and oxygen atoms in total. The third kappa shape index (κ3) is 2.42. The molecule has 3 unspecified atom stereocenters. The lowest BCUT2D eigenvalue weighted by Crippen LogP contribution is -2.30. The Morgan fingerprint density at radius 2 is 2.18 bits per heavy atom. The van der Waals surface area contributed by atoms with Crippen molar-refractivity contribution in [2.24, 2.45) is 0 Å². The average Bonchev–Trinajstić information content (AvgIpc) is 2.58. The summed E-state index contributed by atoms with van der Waals surface area (Å²) in [6.45, 7) is 5.18. The highest BCUT2D eigenvalue weighted by atomic mass is 35.5. The molecule has 1 N–H and O–H groups in total. The van der Waals surface area contributed by atoms with Gasteiger partial charge in [-0.2, -0.15) is 0 Å². The number of hydrogen-bond donors (Lipinski definition) is 1. The Labute approximate surface area is 110 Å². The van der Waals surface area contributed by atoms with Crippen molar-refractivity contribution in [1.29, 1.82) is 0 Å². The first-order chi connectivity index (χ1) is 8.19. The standard InChI is InChI=1S/C13H18ClNOS/c1-3-7-15-13-10-8-9(14)5-6-12(10)17(16)11(13)4-2/h5-6,8,11,13,15H,3-4,7H2,1-2H3. The van der Waals surface area contributed by atoms with Crippen molar-refractivity contribution < 1.29 is 4.21 Å². The predicted molar refractivity (Wildman–Crippen MR) is 73.0 cm³/mol. The molecule has 1 heterocycles. The number of rotatable bonds is 4. The fraction of sp³-hybridized carbons (Fsp3) is 0.538. The number of fused-ring (bicyclic) bond motifs is 1. The van der Waals surface area contributed by atoms with Gasteiger partial charge in [-0.25, -0.2) is 0 Å². The van der Waals surface area contributed by atoms with E-state index in [0.717, 1.165) is 34.9 Å². The van der Waals surface area contributed by atoms with Gasteiger partial charge >= 0.3 is 0 Å². The van der Waals surface area contributed by atoms with Gasteiger partial charge in [0, 0.05) is 16.0 Å². The molecule has 1 aromatic carbocycles. The zero-order chi connectivity index (χ0) is 12.4. The van der Waals surface area contributed by atoms with Gasteiger partial charge in [0.2, 0.25) is 0 Å². The Bertz CT molecular complexity index is 435. The summed E-state index contributed by atoms with van der Waals surface area (Å²) in [5.74, 6) is 0. The lowest BCUT2D eigenvalue weighted by atomic mass is 10.0. The van der Waals surface area contributed by atoms with Crippen LogP contribution in [0.4, 0.5) is 0 Å². The number of nitrogens with one attached hydrogen (secondary N) is 1. The van der Waals surface area contributed by atoms with Gasteiger partial charge in [0.05, 0.1) is 16.0 Å². The predicted octanol–water partition coefficient (Wildman–Crippen LogP) is 3.28. The van der Waals surface area contributed by atoms with Gasteiger partial charge in [0.15, 0.2) is 0 Å². The molecule has 1 aromatic rings. The molecule has 1 aliphatic heterocycles. The van der Waals surface area contributed by atoms with Gasteiger partial charge in [0.25, 0.3) is 0 Å². The molecule has 0 aromatic heterocycles. The third-order valence-electron chi connectivity index (χ3n) is 3.19. The first-order valence-corrected chi connectivity index (χ1v) is 7.71. The van der Waals surface area contributed by atoms with Crippen LogP contribution in [0.2, 0.25) is 5.02 Å². The second-order valence-corrected chi connectivity index (χ2v) is 6.43. The molecule has 2 rings (SSSR count). The van der Waals surface area contributed by atoms with E-state index in [4.69, 9.17) is 11.6 Å². The van der Waals surface area contributed by atoms with Crippen molar-refractivity contribution in [2.75, 3.05) is 6.54 Å². The minimum absolute atomic E-state index is 0.176. The summed E-state index contributed by atoms with van der Waals surface area (Å²) < 4.78 is 12.3. The summed E-state index contributed by atoms with van der Waals surface area (Å²) in [4.78, 5) is 0.954. The lowest BCUT2D eigenvalue weighted by Gasteiger charge is -2.19. The summed E-state index contributed by atoms with van der Waals surface area (Å²) in [5.41, 5.74) is 1.12. The van der Waals surface area contributed by atoms with Crippen LogP contribution in [0.3, 0.4) is 0 Å². The van der Waals surface area contributed by atoms with Gasteiger partial charge in [-0.05, 0) is 43.1 Å². The van der Waals surface area contributed by atoms with Crippen molar-refractivity contribution in [2.45, 2.75) is 42.9 Å². The van der Waals surface area contributed by atoms with E-state index in [1.165, 1.54) is 0 Å². The summed E-state index contributed by atoms with van der Waals surface area (Å²) in [6, 6.07) is 5.88. The lowest BCUT2D eigenvalue weighted by molar-refractivity contribution is 0.505. The zero-order valence-corrected chi connectivity index (χ0v) is 11.8. The highest BCUT2D eigenvalue weighted by Gasteiger charge is 2.37. The van der Waals surface area contributed by atoms with Crippen LogP contribution in [0.25, 0.3) is 0 Å². The molecule has 3 atom stereocenters. The minimum Gasteiger partial charge on any atom is -0.309 e. The van der Waals surface area contributed by atoms with Crippen molar-refractivity contribution in [1.82, 2.24) is 5.32 Å². The van der Waals surface area contributed by atoms with Crippen LogP contribution in [0, 0.1) is 0 Å². The molecular formula is C13H18ClNOS. The Morgan fingerprint density at radius 1 is 1.41 bits per heavy atom. The molecule has 0 spiro atoms. The molecule has 0 saturated heterocycles. The molecule has 94 valence electrons. The van der Waals surface area contributed by atoms with Crippen LogP contribution in [-0.4, -0.2) is 16.0 Å². The normalized spacial score (nSPS) is 27.1. The fourth-order valence-electron chi connectivity index (χ4n) is 2.36. The maximum atomic E-state index is 12.3. The van der Waals surface area contributed by atoms with Crippen LogP contribution in [0.15, 0.2) is 23.1 Å². The maximum absolute atomic E-state index is 12.3. The van der Waals surface area contributed by atoms with E-state index in [2.05, 4.69) is 19.2 Å². The fourth-order valence-corrected chi connectivity index (χ4v) is 4.28. The van der Waals surface area contributed by atoms with Crippen molar-refractivity contribution >= 4 is 22.4 Å². The second-order valence-electron chi connectivity index (χ2n) is 4.36. The van der Waals surface area contributed by atoms with Crippen LogP contribution in [0.5, 0.6) is 0 Å². The molecule has 4 heteroatoms. The van der Waals surface area contributed by atoms with Gasteiger partial charge < -0.3 is 5.32 Å². The first-order valence-electron chi connectivity index (χ1n) is 6.12. The summed E-state index contributed by atoms with van der Waals surface area (Å²) in [6.07, 6.45) is 2.00. The highest BCUT2D eigenvalue weighted by Crippen LogP contribution is 2.39. The highest BCUT2D eigenvalue weighted by molar-refractivity contribution is 7.86. The minimum atomic E-state index is -0.899. The van der Waals surface area contributed by atoms with Crippen molar-refractivity contribution in [3.8, 4) is 0 Å². The van der Waals surface area contributed by atoms with Crippen LogP contribution < -0.4 is 5.32 Å². The summed E-state index contributed by atoms with van der Waals surface area (Å²) in [7, 11) is -0.899. The van der Waals surface area contributed by atoms with Gasteiger partial charge in [-0.1, -0.05) is 25.4 Å². The number of benzene rings is 1. The largest absolute Gasteiger partial charge is 0.309 e. The number of halogens is 1. The molecule has 17 heavy (non-hydrogen) atoms. The molecule has 0 aliphatic carbocycles. The molecule has 0 radical (unpaired) electrons. The number of hydrogen-bond acceptors (Lipinski definition) is 2. The first kappa shape index (κ1) is 13.1. The average molecular weight is 272 g/mol. The van der Waals surface area contributed by atoms with Crippen LogP contribution in [-0.2, 0) is 10.8 Å².